The van der Waals surface area contributed by atoms with Crippen molar-refractivity contribution < 1.29 is 13.2 Å². The van der Waals surface area contributed by atoms with Gasteiger partial charge in [-0.2, -0.15) is 11.8 Å². The van der Waals surface area contributed by atoms with Crippen molar-refractivity contribution in [2.75, 3.05) is 28.9 Å². The van der Waals surface area contributed by atoms with Gasteiger partial charge in [0.05, 0.1) is 11.4 Å². The Hall–Kier alpha value is -1.99. The lowest BCUT2D eigenvalue weighted by Gasteiger charge is -2.28. The second kappa shape index (κ2) is 9.28. The number of carbonyl (C=O) groups excluding carboxylic acids is 1. The van der Waals surface area contributed by atoms with Crippen LogP contribution in [-0.2, 0) is 15.8 Å². The van der Waals surface area contributed by atoms with Gasteiger partial charge in [0.1, 0.15) is 0 Å². The van der Waals surface area contributed by atoms with E-state index in [0.29, 0.717) is 30.8 Å². The Bertz CT molecular complexity index is 870. The molecule has 1 heterocycles. The van der Waals surface area contributed by atoms with Crippen LogP contribution >= 0.6 is 11.8 Å². The Kier molecular flexibility index (Phi) is 6.79. The number of thioether (sulfide) groups is 1. The number of sulfonamides is 1. The van der Waals surface area contributed by atoms with Gasteiger partial charge in [0.2, 0.25) is 10.0 Å². The molecule has 2 aromatic carbocycles. The second-order valence-electron chi connectivity index (χ2n) is 6.44. The Balaban J connectivity index is 1.51. The highest BCUT2D eigenvalue weighted by molar-refractivity contribution is 7.98. The van der Waals surface area contributed by atoms with E-state index in [0.717, 1.165) is 17.9 Å². The lowest BCUT2D eigenvalue weighted by Crippen LogP contribution is -2.38. The SMILES string of the molecule is O=C(NCCSCc1ccccc1)c1cccc(N2CCCCS2(=O)=O)c1. The maximum atomic E-state index is 12.4. The zero-order chi connectivity index (χ0) is 19.1. The van der Waals surface area contributed by atoms with E-state index in [1.165, 1.54) is 9.87 Å². The van der Waals surface area contributed by atoms with Crippen molar-refractivity contribution in [1.29, 1.82) is 0 Å². The quantitative estimate of drug-likeness (QED) is 0.719. The molecule has 1 aliphatic rings. The summed E-state index contributed by atoms with van der Waals surface area (Å²) in [5.74, 6) is 1.73. The van der Waals surface area contributed by atoms with E-state index in [4.69, 9.17) is 0 Å². The van der Waals surface area contributed by atoms with Gasteiger partial charge in [0.25, 0.3) is 5.91 Å². The molecule has 1 fully saturated rings. The molecule has 0 bridgehead atoms. The number of hydrogen-bond donors (Lipinski definition) is 1. The molecule has 0 spiro atoms. The molecule has 0 aromatic heterocycles. The van der Waals surface area contributed by atoms with Crippen LogP contribution in [0.2, 0.25) is 0 Å². The first-order valence-corrected chi connectivity index (χ1v) is 11.8. The average Bonchev–Trinajstić information content (AvgIpc) is 2.68. The molecule has 0 aliphatic carbocycles. The van der Waals surface area contributed by atoms with Crippen LogP contribution in [0, 0.1) is 0 Å². The summed E-state index contributed by atoms with van der Waals surface area (Å²) in [7, 11) is -3.27. The minimum atomic E-state index is -3.27. The van der Waals surface area contributed by atoms with E-state index in [-0.39, 0.29) is 11.7 Å². The summed E-state index contributed by atoms with van der Waals surface area (Å²) in [6, 6.07) is 17.1. The molecule has 144 valence electrons. The van der Waals surface area contributed by atoms with Crippen molar-refractivity contribution in [3.8, 4) is 0 Å². The van der Waals surface area contributed by atoms with Crippen molar-refractivity contribution in [3.05, 3.63) is 65.7 Å². The van der Waals surface area contributed by atoms with E-state index in [9.17, 15) is 13.2 Å². The fourth-order valence-electron chi connectivity index (χ4n) is 2.98. The molecule has 7 heteroatoms. The van der Waals surface area contributed by atoms with Crippen molar-refractivity contribution in [2.45, 2.75) is 18.6 Å². The van der Waals surface area contributed by atoms with Crippen molar-refractivity contribution >= 4 is 33.4 Å². The maximum Gasteiger partial charge on any atom is 0.251 e. The summed E-state index contributed by atoms with van der Waals surface area (Å²) in [5, 5.41) is 2.91. The molecule has 0 unspecified atom stereocenters. The number of nitrogens with zero attached hydrogens (tertiary/aromatic N) is 1. The third kappa shape index (κ3) is 5.49. The number of hydrogen-bond acceptors (Lipinski definition) is 4. The Labute approximate surface area is 165 Å². The van der Waals surface area contributed by atoms with Gasteiger partial charge >= 0.3 is 0 Å². The predicted octanol–water partition coefficient (Wildman–Crippen LogP) is 3.28. The van der Waals surface area contributed by atoms with Crippen molar-refractivity contribution in [2.24, 2.45) is 0 Å². The monoisotopic (exact) mass is 404 g/mol. The van der Waals surface area contributed by atoms with Crippen molar-refractivity contribution in [3.63, 3.8) is 0 Å². The highest BCUT2D eigenvalue weighted by Gasteiger charge is 2.26. The maximum absolute atomic E-state index is 12.4. The van der Waals surface area contributed by atoms with Crippen LogP contribution in [0.5, 0.6) is 0 Å². The Morgan fingerprint density at radius 2 is 1.89 bits per heavy atom. The van der Waals surface area contributed by atoms with Crippen LogP contribution in [0.15, 0.2) is 54.6 Å². The van der Waals surface area contributed by atoms with Gasteiger partial charge in [0.15, 0.2) is 0 Å². The van der Waals surface area contributed by atoms with Crippen molar-refractivity contribution in [1.82, 2.24) is 5.32 Å². The molecule has 3 rings (SSSR count). The lowest BCUT2D eigenvalue weighted by molar-refractivity contribution is 0.0956. The summed E-state index contributed by atoms with van der Waals surface area (Å²) in [6.45, 7) is 1.05. The fraction of sp³-hybridized carbons (Fsp3) is 0.350. The number of benzene rings is 2. The number of nitrogens with one attached hydrogen (secondary N) is 1. The minimum absolute atomic E-state index is 0.169. The molecule has 27 heavy (non-hydrogen) atoms. The summed E-state index contributed by atoms with van der Waals surface area (Å²) in [5.41, 5.74) is 2.33. The van der Waals surface area contributed by atoms with Gasteiger partial charge in [-0.05, 0) is 36.6 Å². The zero-order valence-corrected chi connectivity index (χ0v) is 16.8. The average molecular weight is 405 g/mol. The van der Waals surface area contributed by atoms with Gasteiger partial charge < -0.3 is 5.32 Å². The third-order valence-electron chi connectivity index (χ3n) is 4.39. The summed E-state index contributed by atoms with van der Waals surface area (Å²) < 4.78 is 25.9. The molecular formula is C20H24N2O3S2. The highest BCUT2D eigenvalue weighted by atomic mass is 32.2. The van der Waals surface area contributed by atoms with Gasteiger partial charge in [-0.25, -0.2) is 8.42 Å². The van der Waals surface area contributed by atoms with E-state index in [1.807, 2.05) is 18.2 Å². The molecule has 1 aliphatic heterocycles. The second-order valence-corrected chi connectivity index (χ2v) is 9.56. The van der Waals surface area contributed by atoms with Crippen LogP contribution in [0.1, 0.15) is 28.8 Å². The number of anilines is 1. The molecule has 0 saturated carbocycles. The number of amides is 1. The molecule has 5 nitrogen and oxygen atoms in total. The van der Waals surface area contributed by atoms with Crippen LogP contribution in [0.4, 0.5) is 5.69 Å². The first-order valence-electron chi connectivity index (χ1n) is 9.07. The van der Waals surface area contributed by atoms with Crippen LogP contribution in [0.25, 0.3) is 0 Å². The lowest BCUT2D eigenvalue weighted by atomic mass is 10.2. The van der Waals surface area contributed by atoms with Gasteiger partial charge in [0, 0.05) is 30.2 Å². The summed E-state index contributed by atoms with van der Waals surface area (Å²) in [6.07, 6.45) is 1.54. The summed E-state index contributed by atoms with van der Waals surface area (Å²) >= 11 is 1.77. The van der Waals surface area contributed by atoms with E-state index < -0.39 is 10.0 Å². The van der Waals surface area contributed by atoms with Crippen LogP contribution in [-0.4, -0.2) is 38.9 Å². The van der Waals surface area contributed by atoms with Crippen LogP contribution in [0.3, 0.4) is 0 Å². The standard InChI is InChI=1S/C20H24N2O3S2/c23-20(21-11-13-26-16-17-7-2-1-3-8-17)18-9-6-10-19(15-18)22-12-4-5-14-27(22,24)25/h1-3,6-10,15H,4-5,11-14,16H2,(H,21,23). The van der Waals surface area contributed by atoms with E-state index in [2.05, 4.69) is 17.4 Å². The minimum Gasteiger partial charge on any atom is -0.351 e. The third-order valence-corrected chi connectivity index (χ3v) is 7.29. The number of rotatable bonds is 7. The van der Waals surface area contributed by atoms with Crippen LogP contribution < -0.4 is 9.62 Å². The predicted molar refractivity (Wildman–Crippen MR) is 112 cm³/mol. The van der Waals surface area contributed by atoms with E-state index in [1.54, 1.807) is 36.0 Å². The summed E-state index contributed by atoms with van der Waals surface area (Å²) in [4.78, 5) is 12.4. The number of carbonyl (C=O) groups is 1. The highest BCUT2D eigenvalue weighted by Crippen LogP contribution is 2.24. The molecular weight excluding hydrogens is 380 g/mol. The fourth-order valence-corrected chi connectivity index (χ4v) is 5.43. The van der Waals surface area contributed by atoms with Gasteiger partial charge in [-0.1, -0.05) is 36.4 Å². The largest absolute Gasteiger partial charge is 0.351 e. The Morgan fingerprint density at radius 1 is 1.07 bits per heavy atom. The first-order chi connectivity index (χ1) is 13.1. The smallest absolute Gasteiger partial charge is 0.251 e. The molecule has 1 N–H and O–H groups in total. The van der Waals surface area contributed by atoms with Gasteiger partial charge in [-0.3, -0.25) is 9.10 Å². The molecule has 2 aromatic rings. The molecule has 0 atom stereocenters. The zero-order valence-electron chi connectivity index (χ0n) is 15.1. The first kappa shape index (κ1) is 19.8. The molecule has 1 amide bonds. The van der Waals surface area contributed by atoms with Gasteiger partial charge in [-0.15, -0.1) is 0 Å². The normalized spacial score (nSPS) is 16.1. The molecule has 1 saturated heterocycles. The topological polar surface area (TPSA) is 66.5 Å². The Morgan fingerprint density at radius 3 is 2.67 bits per heavy atom. The van der Waals surface area contributed by atoms with E-state index >= 15 is 0 Å². The molecule has 0 radical (unpaired) electrons.